The molecule has 1 atom stereocenters. The summed E-state index contributed by atoms with van der Waals surface area (Å²) in [5.41, 5.74) is 2.31. The highest BCUT2D eigenvalue weighted by Gasteiger charge is 2.35. The molecule has 0 saturated carbocycles. The number of anilines is 1. The van der Waals surface area contributed by atoms with Gasteiger partial charge in [-0.05, 0) is 31.9 Å². The number of aryl methyl sites for hydroxylation is 1. The summed E-state index contributed by atoms with van der Waals surface area (Å²) in [6.45, 7) is 6.07. The van der Waals surface area contributed by atoms with Gasteiger partial charge in [-0.15, -0.1) is 0 Å². The van der Waals surface area contributed by atoms with E-state index in [0.717, 1.165) is 11.3 Å². The fraction of sp³-hybridized carbons (Fsp3) is 0.500. The molecule has 1 aromatic carbocycles. The van der Waals surface area contributed by atoms with Gasteiger partial charge in [0.05, 0.1) is 0 Å². The van der Waals surface area contributed by atoms with Gasteiger partial charge in [0.2, 0.25) is 0 Å². The van der Waals surface area contributed by atoms with Crippen LogP contribution in [0, 0.1) is 6.92 Å². The van der Waals surface area contributed by atoms with Gasteiger partial charge < -0.3 is 5.32 Å². The number of alkyl halides is 1. The van der Waals surface area contributed by atoms with E-state index in [1.54, 1.807) is 13.8 Å². The lowest BCUT2D eigenvalue weighted by Gasteiger charge is -2.22. The van der Waals surface area contributed by atoms with Crippen molar-refractivity contribution in [2.45, 2.75) is 32.4 Å². The van der Waals surface area contributed by atoms with E-state index in [2.05, 4.69) is 18.3 Å². The van der Waals surface area contributed by atoms with Crippen LogP contribution in [-0.2, 0) is 0 Å². The first-order chi connectivity index (χ1) is 6.50. The molecule has 0 aliphatic carbocycles. The topological polar surface area (TPSA) is 12.0 Å². The van der Waals surface area contributed by atoms with Gasteiger partial charge in [-0.25, -0.2) is 4.39 Å². The third-order valence-corrected chi connectivity index (χ3v) is 2.99. The Kier molecular flexibility index (Phi) is 2.02. The van der Waals surface area contributed by atoms with E-state index in [1.165, 1.54) is 5.56 Å². The lowest BCUT2D eigenvalue weighted by molar-refractivity contribution is 0.180. The second kappa shape index (κ2) is 2.97. The zero-order valence-electron chi connectivity index (χ0n) is 8.89. The number of halogens is 1. The molecule has 1 N–H and O–H groups in total. The Morgan fingerprint density at radius 2 is 2.14 bits per heavy atom. The predicted octanol–water partition coefficient (Wildman–Crippen LogP) is 3.25. The van der Waals surface area contributed by atoms with E-state index in [1.807, 2.05) is 12.1 Å². The Bertz CT molecular complexity index is 352. The van der Waals surface area contributed by atoms with Gasteiger partial charge in [0, 0.05) is 18.2 Å². The maximum absolute atomic E-state index is 13.9. The van der Waals surface area contributed by atoms with E-state index in [0.29, 0.717) is 6.54 Å². The number of fused-ring (bicyclic) bond motifs is 1. The normalized spacial score (nSPS) is 20.4. The average molecular weight is 193 g/mol. The minimum atomic E-state index is -1.15. The molecule has 0 saturated heterocycles. The van der Waals surface area contributed by atoms with Crippen molar-refractivity contribution in [3.63, 3.8) is 0 Å². The molecule has 0 fully saturated rings. The summed E-state index contributed by atoms with van der Waals surface area (Å²) in [5.74, 6) is -0.0163. The molecule has 14 heavy (non-hydrogen) atoms. The maximum atomic E-state index is 13.9. The first-order valence-corrected chi connectivity index (χ1v) is 5.02. The van der Waals surface area contributed by atoms with Crippen molar-refractivity contribution < 1.29 is 4.39 Å². The van der Waals surface area contributed by atoms with E-state index >= 15 is 0 Å². The van der Waals surface area contributed by atoms with Gasteiger partial charge in [0.25, 0.3) is 0 Å². The lowest BCUT2D eigenvalue weighted by atomic mass is 9.87. The van der Waals surface area contributed by atoms with E-state index in [9.17, 15) is 4.39 Å². The number of rotatable bonds is 1. The second-order valence-electron chi connectivity index (χ2n) is 4.54. The first kappa shape index (κ1) is 9.50. The average Bonchev–Trinajstić information content (AvgIpc) is 2.47. The third kappa shape index (κ3) is 1.39. The van der Waals surface area contributed by atoms with Gasteiger partial charge >= 0.3 is 0 Å². The smallest absolute Gasteiger partial charge is 0.114 e. The van der Waals surface area contributed by atoms with Crippen LogP contribution in [0.15, 0.2) is 18.2 Å². The van der Waals surface area contributed by atoms with E-state index < -0.39 is 5.67 Å². The fourth-order valence-electron chi connectivity index (χ4n) is 2.15. The largest absolute Gasteiger partial charge is 0.384 e. The first-order valence-electron chi connectivity index (χ1n) is 5.02. The SMILES string of the molecule is Cc1cccc2c1NCC2C(C)(C)F. The minimum absolute atomic E-state index is 0.0163. The summed E-state index contributed by atoms with van der Waals surface area (Å²) in [6, 6.07) is 6.08. The number of para-hydroxylation sites is 1. The van der Waals surface area contributed by atoms with E-state index in [4.69, 9.17) is 0 Å². The van der Waals surface area contributed by atoms with Gasteiger partial charge in [-0.1, -0.05) is 18.2 Å². The molecule has 2 heteroatoms. The summed E-state index contributed by atoms with van der Waals surface area (Å²) >= 11 is 0. The summed E-state index contributed by atoms with van der Waals surface area (Å²) < 4.78 is 13.9. The minimum Gasteiger partial charge on any atom is -0.384 e. The Morgan fingerprint density at radius 1 is 1.43 bits per heavy atom. The van der Waals surface area contributed by atoms with Crippen LogP contribution in [0.1, 0.15) is 30.9 Å². The van der Waals surface area contributed by atoms with Crippen LogP contribution in [-0.4, -0.2) is 12.2 Å². The zero-order valence-corrected chi connectivity index (χ0v) is 8.89. The number of hydrogen-bond acceptors (Lipinski definition) is 1. The molecule has 0 amide bonds. The number of hydrogen-bond donors (Lipinski definition) is 1. The second-order valence-corrected chi connectivity index (χ2v) is 4.54. The van der Waals surface area contributed by atoms with Crippen molar-refractivity contribution >= 4 is 5.69 Å². The molecule has 0 aromatic heterocycles. The standard InChI is InChI=1S/C12H16FN/c1-8-5-4-6-9-10(12(2,3)13)7-14-11(8)9/h4-6,10,14H,7H2,1-3H3. The Balaban J connectivity index is 2.45. The number of nitrogens with one attached hydrogen (secondary N) is 1. The van der Waals surface area contributed by atoms with Crippen molar-refractivity contribution in [2.24, 2.45) is 0 Å². The van der Waals surface area contributed by atoms with Crippen LogP contribution in [0.2, 0.25) is 0 Å². The van der Waals surface area contributed by atoms with E-state index in [-0.39, 0.29) is 5.92 Å². The molecule has 1 heterocycles. The van der Waals surface area contributed by atoms with Crippen molar-refractivity contribution in [1.82, 2.24) is 0 Å². The summed E-state index contributed by atoms with van der Waals surface area (Å²) in [6.07, 6.45) is 0. The monoisotopic (exact) mass is 193 g/mol. The van der Waals surface area contributed by atoms with Crippen LogP contribution in [0.3, 0.4) is 0 Å². The highest BCUT2D eigenvalue weighted by molar-refractivity contribution is 5.63. The van der Waals surface area contributed by atoms with Crippen LogP contribution >= 0.6 is 0 Å². The van der Waals surface area contributed by atoms with Gasteiger partial charge in [-0.2, -0.15) is 0 Å². The molecule has 0 radical (unpaired) electrons. The molecule has 1 aliphatic heterocycles. The van der Waals surface area contributed by atoms with Crippen molar-refractivity contribution in [3.8, 4) is 0 Å². The van der Waals surface area contributed by atoms with Gasteiger partial charge in [-0.3, -0.25) is 0 Å². The molecule has 0 spiro atoms. The maximum Gasteiger partial charge on any atom is 0.114 e. The molecule has 1 nitrogen and oxygen atoms in total. The Morgan fingerprint density at radius 3 is 2.79 bits per heavy atom. The highest BCUT2D eigenvalue weighted by Crippen LogP contribution is 2.41. The molecule has 76 valence electrons. The third-order valence-electron chi connectivity index (χ3n) is 2.99. The molecular formula is C12H16FN. The lowest BCUT2D eigenvalue weighted by Crippen LogP contribution is -2.25. The molecule has 0 bridgehead atoms. The summed E-state index contributed by atoms with van der Waals surface area (Å²) in [7, 11) is 0. The quantitative estimate of drug-likeness (QED) is 0.722. The number of benzene rings is 1. The molecule has 1 unspecified atom stereocenters. The summed E-state index contributed by atoms with van der Waals surface area (Å²) in [4.78, 5) is 0. The fourth-order valence-corrected chi connectivity index (χ4v) is 2.15. The van der Waals surface area contributed by atoms with Crippen LogP contribution in [0.25, 0.3) is 0 Å². The van der Waals surface area contributed by atoms with Gasteiger partial charge in [0.1, 0.15) is 5.67 Å². The zero-order chi connectivity index (χ0) is 10.3. The van der Waals surface area contributed by atoms with Crippen LogP contribution in [0.4, 0.5) is 10.1 Å². The molecule has 2 rings (SSSR count). The Labute approximate surface area is 84.3 Å². The highest BCUT2D eigenvalue weighted by atomic mass is 19.1. The van der Waals surface area contributed by atoms with Crippen molar-refractivity contribution in [2.75, 3.05) is 11.9 Å². The molecular weight excluding hydrogens is 177 g/mol. The van der Waals surface area contributed by atoms with Crippen LogP contribution < -0.4 is 5.32 Å². The predicted molar refractivity (Wildman–Crippen MR) is 57.6 cm³/mol. The van der Waals surface area contributed by atoms with Crippen LogP contribution in [0.5, 0.6) is 0 Å². The van der Waals surface area contributed by atoms with Crippen molar-refractivity contribution in [1.29, 1.82) is 0 Å². The molecule has 1 aliphatic rings. The Hall–Kier alpha value is -1.05. The summed E-state index contributed by atoms with van der Waals surface area (Å²) in [5, 5.41) is 3.29. The van der Waals surface area contributed by atoms with Crippen molar-refractivity contribution in [3.05, 3.63) is 29.3 Å². The molecule has 1 aromatic rings. The van der Waals surface area contributed by atoms with Gasteiger partial charge in [0.15, 0.2) is 0 Å².